The molecule has 0 aliphatic carbocycles. The highest BCUT2D eigenvalue weighted by Crippen LogP contribution is 2.29. The number of ether oxygens (including phenoxy) is 1. The number of nitrogens with one attached hydrogen (secondary N) is 1. The van der Waals surface area contributed by atoms with E-state index in [1.54, 1.807) is 44.4 Å². The van der Waals surface area contributed by atoms with E-state index in [1.165, 1.54) is 22.8 Å². The van der Waals surface area contributed by atoms with E-state index in [1.807, 2.05) is 0 Å². The lowest BCUT2D eigenvalue weighted by atomic mass is 9.93. The average molecular weight is 487 g/mol. The van der Waals surface area contributed by atoms with Gasteiger partial charge in [-0.05, 0) is 56.5 Å². The van der Waals surface area contributed by atoms with Crippen LogP contribution in [0.5, 0.6) is 0 Å². The fourth-order valence-electron chi connectivity index (χ4n) is 4.09. The zero-order valence-electron chi connectivity index (χ0n) is 19.2. The first kappa shape index (κ1) is 24.3. The van der Waals surface area contributed by atoms with Crippen molar-refractivity contribution in [2.24, 2.45) is 0 Å². The summed E-state index contributed by atoms with van der Waals surface area (Å²) in [6.45, 7) is 4.72. The van der Waals surface area contributed by atoms with E-state index in [0.29, 0.717) is 36.0 Å². The Balaban J connectivity index is 1.64. The molecule has 1 fully saturated rings. The number of hydrogen-bond acceptors (Lipinski definition) is 6. The zero-order chi connectivity index (χ0) is 24.3. The molecule has 34 heavy (non-hydrogen) atoms. The summed E-state index contributed by atoms with van der Waals surface area (Å²) in [5.41, 5.74) is 0.424. The normalized spacial score (nSPS) is 15.8. The van der Waals surface area contributed by atoms with Gasteiger partial charge in [0.25, 0.3) is 5.56 Å². The van der Waals surface area contributed by atoms with Crippen LogP contribution >= 0.6 is 11.6 Å². The Bertz CT molecular complexity index is 1210. The largest absolute Gasteiger partial charge is 0.390 e. The quantitative estimate of drug-likeness (QED) is 0.513. The van der Waals surface area contributed by atoms with Crippen molar-refractivity contribution in [2.75, 3.05) is 18.5 Å². The van der Waals surface area contributed by atoms with Gasteiger partial charge in [-0.25, -0.2) is 14.4 Å². The third-order valence-corrected chi connectivity index (χ3v) is 6.12. The van der Waals surface area contributed by atoms with E-state index in [2.05, 4.69) is 15.3 Å². The van der Waals surface area contributed by atoms with Crippen LogP contribution in [0.1, 0.15) is 44.7 Å². The second-order valence-corrected chi connectivity index (χ2v) is 9.57. The van der Waals surface area contributed by atoms with Crippen molar-refractivity contribution in [3.63, 3.8) is 0 Å². The molecule has 1 atom stereocenters. The highest BCUT2D eigenvalue weighted by atomic mass is 35.5. The molecule has 1 saturated heterocycles. The number of nitrogens with zero attached hydrogens (tertiary/aromatic N) is 3. The van der Waals surface area contributed by atoms with E-state index in [4.69, 9.17) is 16.3 Å². The van der Waals surface area contributed by atoms with Crippen molar-refractivity contribution >= 4 is 17.5 Å². The molecule has 0 saturated carbocycles. The number of benzene rings is 1. The van der Waals surface area contributed by atoms with Crippen molar-refractivity contribution in [1.29, 1.82) is 0 Å². The number of hydrogen-bond donors (Lipinski definition) is 2. The summed E-state index contributed by atoms with van der Waals surface area (Å²) in [7, 11) is 0. The maximum Gasteiger partial charge on any atom is 0.251 e. The van der Waals surface area contributed by atoms with E-state index < -0.39 is 17.5 Å². The molecule has 0 amide bonds. The van der Waals surface area contributed by atoms with Gasteiger partial charge in [0.1, 0.15) is 5.82 Å². The van der Waals surface area contributed by atoms with Crippen LogP contribution < -0.4 is 10.9 Å². The van der Waals surface area contributed by atoms with E-state index in [0.717, 1.165) is 12.8 Å². The Morgan fingerprint density at radius 3 is 2.71 bits per heavy atom. The van der Waals surface area contributed by atoms with Crippen LogP contribution in [-0.4, -0.2) is 44.5 Å². The van der Waals surface area contributed by atoms with Gasteiger partial charge in [0, 0.05) is 49.7 Å². The molecule has 7 nitrogen and oxygen atoms in total. The van der Waals surface area contributed by atoms with Crippen LogP contribution in [0.15, 0.2) is 53.6 Å². The number of rotatable bonds is 7. The minimum atomic E-state index is -1.09. The summed E-state index contributed by atoms with van der Waals surface area (Å²) in [5, 5.41) is 13.8. The first-order valence-corrected chi connectivity index (χ1v) is 11.6. The van der Waals surface area contributed by atoms with Crippen LogP contribution in [0.4, 0.5) is 10.3 Å². The number of anilines is 1. The maximum absolute atomic E-state index is 14.2. The Morgan fingerprint density at radius 1 is 1.26 bits per heavy atom. The van der Waals surface area contributed by atoms with Crippen LogP contribution in [-0.2, 0) is 4.74 Å². The van der Waals surface area contributed by atoms with Crippen LogP contribution in [0.2, 0.25) is 5.02 Å². The van der Waals surface area contributed by atoms with Gasteiger partial charge in [-0.3, -0.25) is 4.79 Å². The number of pyridine rings is 1. The van der Waals surface area contributed by atoms with Gasteiger partial charge in [0.05, 0.1) is 22.4 Å². The molecule has 0 radical (unpaired) electrons. The molecule has 1 aliphatic heterocycles. The van der Waals surface area contributed by atoms with Crippen molar-refractivity contribution in [3.8, 4) is 11.3 Å². The van der Waals surface area contributed by atoms with Crippen molar-refractivity contribution in [2.45, 2.75) is 50.8 Å². The van der Waals surface area contributed by atoms with E-state index in [-0.39, 0.29) is 23.0 Å². The standard InChI is InChI=1S/C25H28ClFN4O3/c1-25(2,33)15-22(17-3-4-19(26)20(27)13-17)31-10-6-16(14-23(31)32)21-5-9-28-24(30-21)29-18-7-11-34-12-8-18/h3-6,9-10,13-14,18,22,33H,7-8,11-12,15H2,1-2H3,(H,28,29,30). The minimum absolute atomic E-state index is 0.00220. The second kappa shape index (κ2) is 10.2. The molecule has 3 heterocycles. The molecule has 3 aromatic rings. The highest BCUT2D eigenvalue weighted by Gasteiger charge is 2.25. The Labute approximate surface area is 202 Å². The molecule has 1 aromatic carbocycles. The predicted molar refractivity (Wildman–Crippen MR) is 130 cm³/mol. The SMILES string of the molecule is CC(C)(O)CC(c1ccc(Cl)c(F)c1)n1ccc(-c2ccnc(NC3CCOCC3)n2)cc1=O. The van der Waals surface area contributed by atoms with Gasteiger partial charge < -0.3 is 19.7 Å². The van der Waals surface area contributed by atoms with Gasteiger partial charge in [0.15, 0.2) is 0 Å². The Kier molecular flexibility index (Phi) is 7.30. The Hall–Kier alpha value is -2.81. The summed E-state index contributed by atoms with van der Waals surface area (Å²) >= 11 is 5.84. The lowest BCUT2D eigenvalue weighted by Gasteiger charge is -2.27. The van der Waals surface area contributed by atoms with Crippen LogP contribution in [0, 0.1) is 5.82 Å². The third-order valence-electron chi connectivity index (χ3n) is 5.81. The van der Waals surface area contributed by atoms with Gasteiger partial charge >= 0.3 is 0 Å². The Morgan fingerprint density at radius 2 is 2.03 bits per heavy atom. The summed E-state index contributed by atoms with van der Waals surface area (Å²) < 4.78 is 21.1. The molecule has 2 aromatic heterocycles. The molecule has 9 heteroatoms. The summed E-state index contributed by atoms with van der Waals surface area (Å²) in [6.07, 6.45) is 5.28. The molecule has 0 spiro atoms. The van der Waals surface area contributed by atoms with Gasteiger partial charge in [-0.2, -0.15) is 0 Å². The van der Waals surface area contributed by atoms with Crippen LogP contribution in [0.3, 0.4) is 0 Å². The van der Waals surface area contributed by atoms with Gasteiger partial charge in [-0.1, -0.05) is 17.7 Å². The van der Waals surface area contributed by atoms with Gasteiger partial charge in [0.2, 0.25) is 5.95 Å². The lowest BCUT2D eigenvalue weighted by Crippen LogP contribution is -2.31. The second-order valence-electron chi connectivity index (χ2n) is 9.16. The molecule has 4 rings (SSSR count). The molecule has 1 unspecified atom stereocenters. The average Bonchev–Trinajstić information content (AvgIpc) is 2.80. The van der Waals surface area contributed by atoms with Gasteiger partial charge in [-0.15, -0.1) is 0 Å². The first-order chi connectivity index (χ1) is 16.2. The minimum Gasteiger partial charge on any atom is -0.390 e. The molecule has 1 aliphatic rings. The highest BCUT2D eigenvalue weighted by molar-refractivity contribution is 6.30. The molecular formula is C25H28ClFN4O3. The van der Waals surface area contributed by atoms with Crippen molar-refractivity contribution < 1.29 is 14.2 Å². The summed E-state index contributed by atoms with van der Waals surface area (Å²) in [4.78, 5) is 22.0. The molecule has 0 bridgehead atoms. The molecule has 180 valence electrons. The number of aliphatic hydroxyl groups is 1. The van der Waals surface area contributed by atoms with Crippen LogP contribution in [0.25, 0.3) is 11.3 Å². The summed E-state index contributed by atoms with van der Waals surface area (Å²) in [6, 6.07) is 9.12. The maximum atomic E-state index is 14.2. The topological polar surface area (TPSA) is 89.3 Å². The fourth-order valence-corrected chi connectivity index (χ4v) is 4.21. The zero-order valence-corrected chi connectivity index (χ0v) is 19.9. The lowest BCUT2D eigenvalue weighted by molar-refractivity contribution is 0.0591. The molecule has 2 N–H and O–H groups in total. The van der Waals surface area contributed by atoms with E-state index >= 15 is 0 Å². The van der Waals surface area contributed by atoms with Crippen molar-refractivity contribution in [1.82, 2.24) is 14.5 Å². The van der Waals surface area contributed by atoms with E-state index in [9.17, 15) is 14.3 Å². The fraction of sp³-hybridized carbons (Fsp3) is 0.400. The predicted octanol–water partition coefficient (Wildman–Crippen LogP) is 4.44. The number of halogens is 2. The monoisotopic (exact) mass is 486 g/mol. The summed E-state index contributed by atoms with van der Waals surface area (Å²) in [5.74, 6) is -0.0692. The third kappa shape index (κ3) is 6.00. The van der Waals surface area contributed by atoms with Crippen molar-refractivity contribution in [3.05, 3.63) is 75.5 Å². The smallest absolute Gasteiger partial charge is 0.251 e. The number of aromatic nitrogens is 3. The first-order valence-electron chi connectivity index (χ1n) is 11.3. The molecular weight excluding hydrogens is 459 g/mol.